The first-order valence-electron chi connectivity index (χ1n) is 7.37. The van der Waals surface area contributed by atoms with E-state index in [0.717, 1.165) is 29.3 Å². The van der Waals surface area contributed by atoms with E-state index in [1.807, 2.05) is 48.9 Å². The van der Waals surface area contributed by atoms with Crippen LogP contribution >= 0.6 is 0 Å². The van der Waals surface area contributed by atoms with Gasteiger partial charge in [0.2, 0.25) is 5.91 Å². The maximum atomic E-state index is 12.1. The quantitative estimate of drug-likeness (QED) is 0.909. The molecular weight excluding hydrogens is 262 g/mol. The molecule has 1 heterocycles. The van der Waals surface area contributed by atoms with Gasteiger partial charge in [-0.05, 0) is 19.3 Å². The molecule has 2 rings (SSSR count). The number of carbonyl (C=O) groups is 1. The van der Waals surface area contributed by atoms with Gasteiger partial charge in [-0.3, -0.25) is 4.79 Å². The third-order valence-corrected chi connectivity index (χ3v) is 3.57. The Labute approximate surface area is 126 Å². The van der Waals surface area contributed by atoms with E-state index in [0.29, 0.717) is 12.3 Å². The Hall–Kier alpha value is -2.10. The van der Waals surface area contributed by atoms with Crippen LogP contribution in [0.2, 0.25) is 0 Å². The van der Waals surface area contributed by atoms with Crippen molar-refractivity contribution >= 4 is 11.7 Å². The molecule has 0 unspecified atom stereocenters. The summed E-state index contributed by atoms with van der Waals surface area (Å²) in [5.74, 6) is 2.22. The lowest BCUT2D eigenvalue weighted by atomic mass is 10.1. The Bertz CT molecular complexity index is 614. The molecule has 112 valence electrons. The highest BCUT2D eigenvalue weighted by atomic mass is 16.1. The second kappa shape index (κ2) is 6.57. The van der Waals surface area contributed by atoms with Gasteiger partial charge >= 0.3 is 0 Å². The van der Waals surface area contributed by atoms with E-state index in [-0.39, 0.29) is 5.91 Å². The van der Waals surface area contributed by atoms with Crippen LogP contribution in [0.3, 0.4) is 0 Å². The van der Waals surface area contributed by atoms with Gasteiger partial charge < -0.3 is 9.88 Å². The molecule has 2 aromatic rings. The van der Waals surface area contributed by atoms with Gasteiger partial charge in [0.15, 0.2) is 0 Å². The molecule has 1 aromatic carbocycles. The minimum atomic E-state index is 0.0453. The standard InChI is InChI=1S/C17H23N3O/c1-12(2)10-11-15(21)19-17-16(18-13(3)20(17)4)14-8-6-5-7-9-14/h5-9,12H,10-11H2,1-4H3,(H,19,21). The smallest absolute Gasteiger partial charge is 0.225 e. The number of nitrogens with one attached hydrogen (secondary N) is 1. The molecule has 0 spiro atoms. The van der Waals surface area contributed by atoms with E-state index in [9.17, 15) is 4.79 Å². The summed E-state index contributed by atoms with van der Waals surface area (Å²) in [5.41, 5.74) is 1.84. The number of hydrogen-bond acceptors (Lipinski definition) is 2. The van der Waals surface area contributed by atoms with E-state index in [1.54, 1.807) is 0 Å². The lowest BCUT2D eigenvalue weighted by Crippen LogP contribution is -2.15. The summed E-state index contributed by atoms with van der Waals surface area (Å²) in [5, 5.41) is 3.02. The van der Waals surface area contributed by atoms with Gasteiger partial charge in [0.25, 0.3) is 0 Å². The van der Waals surface area contributed by atoms with Crippen molar-refractivity contribution in [3.05, 3.63) is 36.2 Å². The zero-order valence-electron chi connectivity index (χ0n) is 13.2. The van der Waals surface area contributed by atoms with Crippen LogP contribution in [0.25, 0.3) is 11.3 Å². The highest BCUT2D eigenvalue weighted by molar-refractivity contribution is 5.93. The van der Waals surface area contributed by atoms with E-state index in [4.69, 9.17) is 0 Å². The predicted octanol–water partition coefficient (Wildman–Crippen LogP) is 3.77. The van der Waals surface area contributed by atoms with Crippen LogP contribution in [0.4, 0.5) is 5.82 Å². The number of aryl methyl sites for hydroxylation is 1. The summed E-state index contributed by atoms with van der Waals surface area (Å²) in [6, 6.07) is 9.94. The van der Waals surface area contributed by atoms with Crippen LogP contribution in [0, 0.1) is 12.8 Å². The van der Waals surface area contributed by atoms with Gasteiger partial charge in [-0.25, -0.2) is 4.98 Å². The number of imidazole rings is 1. The summed E-state index contributed by atoms with van der Waals surface area (Å²) >= 11 is 0. The van der Waals surface area contributed by atoms with Crippen LogP contribution in [0.1, 0.15) is 32.5 Å². The summed E-state index contributed by atoms with van der Waals surface area (Å²) in [4.78, 5) is 16.7. The van der Waals surface area contributed by atoms with E-state index >= 15 is 0 Å². The zero-order valence-corrected chi connectivity index (χ0v) is 13.2. The maximum Gasteiger partial charge on any atom is 0.225 e. The molecule has 21 heavy (non-hydrogen) atoms. The van der Waals surface area contributed by atoms with Crippen molar-refractivity contribution in [2.24, 2.45) is 13.0 Å². The van der Waals surface area contributed by atoms with Crippen molar-refractivity contribution in [1.29, 1.82) is 0 Å². The van der Waals surface area contributed by atoms with Crippen LogP contribution < -0.4 is 5.32 Å². The van der Waals surface area contributed by atoms with Crippen molar-refractivity contribution in [2.75, 3.05) is 5.32 Å². The average molecular weight is 285 g/mol. The van der Waals surface area contributed by atoms with Crippen molar-refractivity contribution in [3.8, 4) is 11.3 Å². The number of amides is 1. The number of aromatic nitrogens is 2. The molecule has 0 saturated heterocycles. The normalized spacial score (nSPS) is 10.9. The lowest BCUT2D eigenvalue weighted by molar-refractivity contribution is -0.116. The fourth-order valence-electron chi connectivity index (χ4n) is 2.17. The topological polar surface area (TPSA) is 46.9 Å². The first-order valence-corrected chi connectivity index (χ1v) is 7.37. The number of carbonyl (C=O) groups excluding carboxylic acids is 1. The van der Waals surface area contributed by atoms with Gasteiger partial charge in [0, 0.05) is 19.0 Å². The molecule has 4 nitrogen and oxygen atoms in total. The molecular formula is C17H23N3O. The Morgan fingerprint density at radius 2 is 1.95 bits per heavy atom. The lowest BCUT2D eigenvalue weighted by Gasteiger charge is -2.10. The number of hydrogen-bond donors (Lipinski definition) is 1. The minimum Gasteiger partial charge on any atom is -0.318 e. The highest BCUT2D eigenvalue weighted by Gasteiger charge is 2.16. The van der Waals surface area contributed by atoms with Crippen LogP contribution in [-0.2, 0) is 11.8 Å². The molecule has 0 saturated carbocycles. The summed E-state index contributed by atoms with van der Waals surface area (Å²) in [7, 11) is 1.92. The fourth-order valence-corrected chi connectivity index (χ4v) is 2.17. The van der Waals surface area contributed by atoms with Crippen molar-refractivity contribution in [3.63, 3.8) is 0 Å². The maximum absolute atomic E-state index is 12.1. The molecule has 4 heteroatoms. The monoisotopic (exact) mass is 285 g/mol. The highest BCUT2D eigenvalue weighted by Crippen LogP contribution is 2.27. The van der Waals surface area contributed by atoms with Gasteiger partial charge in [-0.15, -0.1) is 0 Å². The fraction of sp³-hybridized carbons (Fsp3) is 0.412. The van der Waals surface area contributed by atoms with E-state index in [2.05, 4.69) is 24.1 Å². The third kappa shape index (κ3) is 3.72. The van der Waals surface area contributed by atoms with Gasteiger partial charge in [0.1, 0.15) is 17.3 Å². The molecule has 0 atom stereocenters. The van der Waals surface area contributed by atoms with Crippen molar-refractivity contribution in [1.82, 2.24) is 9.55 Å². The number of benzene rings is 1. The molecule has 0 fully saturated rings. The SMILES string of the molecule is Cc1nc(-c2ccccc2)c(NC(=O)CCC(C)C)n1C. The number of anilines is 1. The van der Waals surface area contributed by atoms with Crippen molar-refractivity contribution < 1.29 is 4.79 Å². The molecule has 0 bridgehead atoms. The average Bonchev–Trinajstić information content (AvgIpc) is 2.74. The molecule has 1 N–H and O–H groups in total. The summed E-state index contributed by atoms with van der Waals surface area (Å²) in [6.07, 6.45) is 1.43. The molecule has 1 aromatic heterocycles. The van der Waals surface area contributed by atoms with Gasteiger partial charge in [-0.2, -0.15) is 0 Å². The zero-order chi connectivity index (χ0) is 15.4. The molecule has 1 amide bonds. The molecule has 0 aliphatic heterocycles. The predicted molar refractivity (Wildman–Crippen MR) is 86.1 cm³/mol. The number of rotatable bonds is 5. The second-order valence-corrected chi connectivity index (χ2v) is 5.76. The third-order valence-electron chi connectivity index (χ3n) is 3.57. The Morgan fingerprint density at radius 3 is 2.57 bits per heavy atom. The Balaban J connectivity index is 2.25. The second-order valence-electron chi connectivity index (χ2n) is 5.76. The van der Waals surface area contributed by atoms with E-state index in [1.165, 1.54) is 0 Å². The Kier molecular flexibility index (Phi) is 4.78. The minimum absolute atomic E-state index is 0.0453. The van der Waals surface area contributed by atoms with Crippen molar-refractivity contribution in [2.45, 2.75) is 33.6 Å². The molecule has 0 aliphatic carbocycles. The number of nitrogens with zero attached hydrogens (tertiary/aromatic N) is 2. The summed E-state index contributed by atoms with van der Waals surface area (Å²) < 4.78 is 1.93. The van der Waals surface area contributed by atoms with E-state index < -0.39 is 0 Å². The molecule has 0 radical (unpaired) electrons. The largest absolute Gasteiger partial charge is 0.318 e. The van der Waals surface area contributed by atoms with Crippen LogP contribution in [0.15, 0.2) is 30.3 Å². The Morgan fingerprint density at radius 1 is 1.29 bits per heavy atom. The van der Waals surface area contributed by atoms with Gasteiger partial charge in [-0.1, -0.05) is 44.2 Å². The molecule has 0 aliphatic rings. The first kappa shape index (κ1) is 15.3. The van der Waals surface area contributed by atoms with Crippen LogP contribution in [-0.4, -0.2) is 15.5 Å². The first-order chi connectivity index (χ1) is 9.99. The van der Waals surface area contributed by atoms with Crippen LogP contribution in [0.5, 0.6) is 0 Å². The van der Waals surface area contributed by atoms with Gasteiger partial charge in [0.05, 0.1) is 0 Å². The summed E-state index contributed by atoms with van der Waals surface area (Å²) in [6.45, 7) is 6.18.